The first-order valence-electron chi connectivity index (χ1n) is 6.81. The van der Waals surface area contributed by atoms with Gasteiger partial charge in [0.25, 0.3) is 0 Å². The summed E-state index contributed by atoms with van der Waals surface area (Å²) in [6.07, 6.45) is 9.30. The second-order valence-corrected chi connectivity index (χ2v) is 5.64. The van der Waals surface area contributed by atoms with Gasteiger partial charge in [-0.15, -0.1) is 0 Å². The molecule has 0 bridgehead atoms. The van der Waals surface area contributed by atoms with Crippen LogP contribution in [0.3, 0.4) is 0 Å². The van der Waals surface area contributed by atoms with E-state index in [4.69, 9.17) is 0 Å². The Balaban J connectivity index is 1.72. The summed E-state index contributed by atoms with van der Waals surface area (Å²) in [6.45, 7) is 0. The van der Waals surface area contributed by atoms with E-state index in [1.807, 2.05) is 12.1 Å². The van der Waals surface area contributed by atoms with Crippen LogP contribution in [0.25, 0.3) is 0 Å². The molecule has 0 saturated heterocycles. The van der Waals surface area contributed by atoms with E-state index in [9.17, 15) is 4.39 Å². The van der Waals surface area contributed by atoms with Crippen LogP contribution in [0, 0.1) is 11.2 Å². The second-order valence-electron chi connectivity index (χ2n) is 5.64. The molecule has 17 heavy (non-hydrogen) atoms. The molecule has 0 amide bonds. The summed E-state index contributed by atoms with van der Waals surface area (Å²) in [5.41, 5.74) is 1.17. The molecule has 1 unspecified atom stereocenters. The van der Waals surface area contributed by atoms with Gasteiger partial charge >= 0.3 is 0 Å². The number of nitrogens with one attached hydrogen (secondary N) is 1. The van der Waals surface area contributed by atoms with Gasteiger partial charge in [0, 0.05) is 6.04 Å². The summed E-state index contributed by atoms with van der Waals surface area (Å²) >= 11 is 0. The van der Waals surface area contributed by atoms with E-state index in [1.54, 1.807) is 6.07 Å². The van der Waals surface area contributed by atoms with Gasteiger partial charge in [-0.3, -0.25) is 0 Å². The van der Waals surface area contributed by atoms with Gasteiger partial charge in [-0.2, -0.15) is 0 Å². The zero-order chi connectivity index (χ0) is 11.7. The molecule has 0 radical (unpaired) electrons. The highest BCUT2D eigenvalue weighted by atomic mass is 19.1. The first kappa shape index (κ1) is 11.1. The summed E-state index contributed by atoms with van der Waals surface area (Å²) in [6, 6.07) is 7.54. The number of anilines is 1. The van der Waals surface area contributed by atoms with Gasteiger partial charge in [-0.05, 0) is 43.2 Å². The molecule has 1 spiro atoms. The van der Waals surface area contributed by atoms with E-state index in [2.05, 4.69) is 5.32 Å². The third kappa shape index (κ3) is 1.94. The number of para-hydroxylation sites is 1. The molecule has 0 heterocycles. The molecule has 2 aliphatic rings. The van der Waals surface area contributed by atoms with Gasteiger partial charge in [0.2, 0.25) is 0 Å². The van der Waals surface area contributed by atoms with Gasteiger partial charge in [0.1, 0.15) is 5.82 Å². The maximum Gasteiger partial charge on any atom is 0.146 e. The summed E-state index contributed by atoms with van der Waals surface area (Å²) in [7, 11) is 0. The molecule has 2 heteroatoms. The van der Waals surface area contributed by atoms with Crippen molar-refractivity contribution < 1.29 is 4.39 Å². The number of hydrogen-bond acceptors (Lipinski definition) is 1. The summed E-state index contributed by atoms with van der Waals surface area (Å²) < 4.78 is 13.6. The Morgan fingerprint density at radius 2 is 1.82 bits per heavy atom. The van der Waals surface area contributed by atoms with E-state index < -0.39 is 0 Å². The van der Waals surface area contributed by atoms with E-state index in [-0.39, 0.29) is 5.82 Å². The lowest BCUT2D eigenvalue weighted by molar-refractivity contribution is 0.0569. The molecule has 0 aliphatic heterocycles. The van der Waals surface area contributed by atoms with Gasteiger partial charge in [0.05, 0.1) is 5.69 Å². The highest BCUT2D eigenvalue weighted by molar-refractivity contribution is 5.46. The smallest absolute Gasteiger partial charge is 0.146 e. The van der Waals surface area contributed by atoms with Crippen molar-refractivity contribution in [3.05, 3.63) is 30.1 Å². The Morgan fingerprint density at radius 3 is 2.47 bits per heavy atom. The van der Waals surface area contributed by atoms with Crippen LogP contribution in [0.5, 0.6) is 0 Å². The molecule has 1 aromatic rings. The van der Waals surface area contributed by atoms with Crippen molar-refractivity contribution in [1.82, 2.24) is 0 Å². The average Bonchev–Trinajstić information content (AvgIpc) is 2.37. The molecular formula is C15H20FN. The van der Waals surface area contributed by atoms with Gasteiger partial charge in [-0.1, -0.05) is 31.4 Å². The molecule has 2 fully saturated rings. The lowest BCUT2D eigenvalue weighted by Crippen LogP contribution is -2.50. The van der Waals surface area contributed by atoms with Crippen molar-refractivity contribution in [1.29, 1.82) is 0 Å². The van der Waals surface area contributed by atoms with Crippen molar-refractivity contribution in [3.8, 4) is 0 Å². The van der Waals surface area contributed by atoms with E-state index >= 15 is 0 Å². The molecular weight excluding hydrogens is 213 g/mol. The van der Waals surface area contributed by atoms with E-state index in [1.165, 1.54) is 51.0 Å². The predicted molar refractivity (Wildman–Crippen MR) is 68.6 cm³/mol. The maximum absolute atomic E-state index is 13.6. The fraction of sp³-hybridized carbons (Fsp3) is 0.600. The van der Waals surface area contributed by atoms with Crippen LogP contribution in [0.2, 0.25) is 0 Å². The number of halogens is 1. The van der Waals surface area contributed by atoms with Crippen molar-refractivity contribution in [3.63, 3.8) is 0 Å². The largest absolute Gasteiger partial charge is 0.379 e. The lowest BCUT2D eigenvalue weighted by Gasteiger charge is -2.52. The van der Waals surface area contributed by atoms with E-state index in [0.29, 0.717) is 17.1 Å². The second kappa shape index (κ2) is 4.32. The first-order chi connectivity index (χ1) is 8.30. The molecule has 3 rings (SSSR count). The summed E-state index contributed by atoms with van der Waals surface area (Å²) in [4.78, 5) is 0. The molecule has 1 aromatic carbocycles. The van der Waals surface area contributed by atoms with Crippen LogP contribution in [-0.2, 0) is 0 Å². The molecule has 1 N–H and O–H groups in total. The molecule has 1 atom stereocenters. The van der Waals surface area contributed by atoms with Crippen molar-refractivity contribution >= 4 is 5.69 Å². The fourth-order valence-electron chi connectivity index (χ4n) is 3.54. The highest BCUT2D eigenvalue weighted by Gasteiger charge is 2.46. The predicted octanol–water partition coefficient (Wildman–Crippen LogP) is 4.35. The number of hydrogen-bond donors (Lipinski definition) is 1. The monoisotopic (exact) mass is 233 g/mol. The van der Waals surface area contributed by atoms with E-state index in [0.717, 1.165) is 0 Å². The van der Waals surface area contributed by atoms with Crippen LogP contribution in [0.15, 0.2) is 24.3 Å². The minimum absolute atomic E-state index is 0.120. The van der Waals surface area contributed by atoms with Gasteiger partial charge in [-0.25, -0.2) is 4.39 Å². The molecule has 0 aromatic heterocycles. The SMILES string of the molecule is Fc1ccccc1NC1CCC12CCCCC2. The highest BCUT2D eigenvalue weighted by Crippen LogP contribution is 2.52. The fourth-order valence-corrected chi connectivity index (χ4v) is 3.54. The Bertz CT molecular complexity index is 396. The Morgan fingerprint density at radius 1 is 1.06 bits per heavy atom. The third-order valence-electron chi connectivity index (χ3n) is 4.72. The summed E-state index contributed by atoms with van der Waals surface area (Å²) in [5.74, 6) is -0.120. The Labute approximate surface area is 102 Å². The summed E-state index contributed by atoms with van der Waals surface area (Å²) in [5, 5.41) is 3.43. The molecule has 1 nitrogen and oxygen atoms in total. The van der Waals surface area contributed by atoms with Crippen LogP contribution in [0.4, 0.5) is 10.1 Å². The van der Waals surface area contributed by atoms with Crippen molar-refractivity contribution in [2.75, 3.05) is 5.32 Å². The molecule has 2 saturated carbocycles. The Hall–Kier alpha value is -1.05. The quantitative estimate of drug-likeness (QED) is 0.800. The van der Waals surface area contributed by atoms with Crippen molar-refractivity contribution in [2.24, 2.45) is 5.41 Å². The van der Waals surface area contributed by atoms with Crippen LogP contribution in [-0.4, -0.2) is 6.04 Å². The van der Waals surface area contributed by atoms with Crippen LogP contribution in [0.1, 0.15) is 44.9 Å². The Kier molecular flexibility index (Phi) is 2.81. The van der Waals surface area contributed by atoms with Gasteiger partial charge < -0.3 is 5.32 Å². The number of rotatable bonds is 2. The van der Waals surface area contributed by atoms with Crippen LogP contribution < -0.4 is 5.32 Å². The molecule has 2 aliphatic carbocycles. The lowest BCUT2D eigenvalue weighted by atomic mass is 9.57. The van der Waals surface area contributed by atoms with Gasteiger partial charge in [0.15, 0.2) is 0 Å². The third-order valence-corrected chi connectivity index (χ3v) is 4.72. The van der Waals surface area contributed by atoms with Crippen LogP contribution >= 0.6 is 0 Å². The topological polar surface area (TPSA) is 12.0 Å². The molecule has 92 valence electrons. The van der Waals surface area contributed by atoms with Crippen molar-refractivity contribution in [2.45, 2.75) is 51.0 Å². The zero-order valence-corrected chi connectivity index (χ0v) is 10.2. The first-order valence-corrected chi connectivity index (χ1v) is 6.81. The average molecular weight is 233 g/mol. The minimum Gasteiger partial charge on any atom is -0.379 e. The minimum atomic E-state index is -0.120. The zero-order valence-electron chi connectivity index (χ0n) is 10.2. The normalized spacial score (nSPS) is 26.5. The standard InChI is InChI=1S/C15H20FN/c16-12-6-2-3-7-13(12)17-14-8-11-15(14)9-4-1-5-10-15/h2-3,6-7,14,17H,1,4-5,8-11H2. The number of benzene rings is 1. The maximum atomic E-state index is 13.6.